The fourth-order valence-corrected chi connectivity index (χ4v) is 2.44. The maximum atomic E-state index is 13.7. The number of hydrogen-bond acceptors (Lipinski definition) is 3. The van der Waals surface area contributed by atoms with E-state index in [1.165, 1.54) is 19.2 Å². The fraction of sp³-hybridized carbons (Fsp3) is 0.316. The van der Waals surface area contributed by atoms with Crippen molar-refractivity contribution in [3.8, 4) is 11.5 Å². The number of amides is 1. The zero-order valence-electron chi connectivity index (χ0n) is 14.7. The average molecular weight is 384 g/mol. The van der Waals surface area contributed by atoms with Gasteiger partial charge in [0.25, 0.3) is 5.91 Å². The van der Waals surface area contributed by atoms with Gasteiger partial charge >= 0.3 is 0 Å². The minimum Gasteiger partial charge on any atom is -0.493 e. The number of hydrogen-bond donors (Lipinski definition) is 1. The Bertz CT molecular complexity index is 797. The molecule has 0 saturated heterocycles. The van der Waals surface area contributed by atoms with Crippen LogP contribution in [0.4, 0.5) is 14.5 Å². The number of carbonyl (C=O) groups excluding carboxylic acids is 1. The summed E-state index contributed by atoms with van der Waals surface area (Å²) >= 11 is 6.21. The first-order valence-electron chi connectivity index (χ1n) is 8.08. The number of methoxy groups -OCH3 is 1. The van der Waals surface area contributed by atoms with E-state index in [1.54, 1.807) is 0 Å². The topological polar surface area (TPSA) is 47.6 Å². The van der Waals surface area contributed by atoms with Gasteiger partial charge in [-0.1, -0.05) is 25.4 Å². The molecule has 1 N–H and O–H groups in total. The molecule has 140 valence electrons. The van der Waals surface area contributed by atoms with Crippen molar-refractivity contribution in [2.75, 3.05) is 19.0 Å². The molecule has 0 aromatic heterocycles. The first kappa shape index (κ1) is 20.0. The van der Waals surface area contributed by atoms with E-state index < -0.39 is 17.5 Å². The predicted molar refractivity (Wildman–Crippen MR) is 97.3 cm³/mol. The predicted octanol–water partition coefficient (Wildman–Crippen LogP) is 5.30. The molecule has 0 heterocycles. The summed E-state index contributed by atoms with van der Waals surface area (Å²) < 4.78 is 37.8. The molecule has 0 radical (unpaired) electrons. The van der Waals surface area contributed by atoms with Gasteiger partial charge in [0.15, 0.2) is 11.5 Å². The van der Waals surface area contributed by atoms with Gasteiger partial charge in [-0.15, -0.1) is 0 Å². The monoisotopic (exact) mass is 383 g/mol. The highest BCUT2D eigenvalue weighted by Gasteiger charge is 2.17. The maximum absolute atomic E-state index is 13.7. The smallest absolute Gasteiger partial charge is 0.255 e. The van der Waals surface area contributed by atoms with Gasteiger partial charge in [-0.05, 0) is 36.6 Å². The molecule has 0 aliphatic carbocycles. The molecule has 0 aliphatic heterocycles. The Kier molecular flexibility index (Phi) is 6.80. The van der Waals surface area contributed by atoms with E-state index in [9.17, 15) is 13.6 Å². The van der Waals surface area contributed by atoms with Crippen molar-refractivity contribution in [3.05, 3.63) is 52.6 Å². The molecule has 2 aromatic carbocycles. The minimum atomic E-state index is -0.744. The van der Waals surface area contributed by atoms with Crippen molar-refractivity contribution >= 4 is 23.2 Å². The lowest BCUT2D eigenvalue weighted by molar-refractivity contribution is 0.102. The largest absolute Gasteiger partial charge is 0.493 e. The SMILES string of the molecule is COc1cc(C(=O)Nc2cc(F)ccc2F)cc(Cl)c1OCCC(C)C. The molecule has 2 rings (SSSR count). The first-order valence-corrected chi connectivity index (χ1v) is 8.46. The van der Waals surface area contributed by atoms with E-state index in [0.717, 1.165) is 24.6 Å². The van der Waals surface area contributed by atoms with Crippen LogP contribution in [-0.2, 0) is 0 Å². The molecule has 26 heavy (non-hydrogen) atoms. The Morgan fingerprint density at radius 3 is 2.62 bits per heavy atom. The second-order valence-corrected chi connectivity index (χ2v) is 6.51. The van der Waals surface area contributed by atoms with Crippen LogP contribution in [0.15, 0.2) is 30.3 Å². The van der Waals surface area contributed by atoms with Crippen LogP contribution in [0, 0.1) is 17.6 Å². The Labute approximate surface area is 156 Å². The van der Waals surface area contributed by atoms with Crippen molar-refractivity contribution in [2.24, 2.45) is 5.92 Å². The third kappa shape index (κ3) is 5.08. The summed E-state index contributed by atoms with van der Waals surface area (Å²) in [7, 11) is 1.43. The molecule has 0 saturated carbocycles. The van der Waals surface area contributed by atoms with E-state index in [2.05, 4.69) is 19.2 Å². The van der Waals surface area contributed by atoms with Crippen molar-refractivity contribution < 1.29 is 23.0 Å². The second kappa shape index (κ2) is 8.85. The number of ether oxygens (including phenoxy) is 2. The molecule has 2 aromatic rings. The first-order chi connectivity index (χ1) is 12.3. The molecule has 0 unspecified atom stereocenters. The summed E-state index contributed by atoms with van der Waals surface area (Å²) in [5.41, 5.74) is -0.130. The molecule has 1 amide bonds. The molecule has 0 aliphatic rings. The third-order valence-electron chi connectivity index (χ3n) is 3.61. The maximum Gasteiger partial charge on any atom is 0.255 e. The third-order valence-corrected chi connectivity index (χ3v) is 3.89. The quantitative estimate of drug-likeness (QED) is 0.705. The van der Waals surface area contributed by atoms with Gasteiger partial charge in [0, 0.05) is 11.6 Å². The van der Waals surface area contributed by atoms with Gasteiger partial charge in [0.1, 0.15) is 11.6 Å². The molecule has 0 fully saturated rings. The van der Waals surface area contributed by atoms with Crippen LogP contribution >= 0.6 is 11.6 Å². The Balaban J connectivity index is 2.22. The molecule has 0 atom stereocenters. The van der Waals surface area contributed by atoms with Crippen LogP contribution in [0.1, 0.15) is 30.6 Å². The van der Waals surface area contributed by atoms with Crippen LogP contribution in [0.3, 0.4) is 0 Å². The standard InChI is InChI=1S/C19H20ClF2NO3/c1-11(2)6-7-26-18-14(20)8-12(9-17(18)25-3)19(24)23-16-10-13(21)4-5-15(16)22/h4-5,8-11H,6-7H2,1-3H3,(H,23,24). The summed E-state index contributed by atoms with van der Waals surface area (Å²) in [4.78, 5) is 12.4. The molecular weight excluding hydrogens is 364 g/mol. The highest BCUT2D eigenvalue weighted by Crippen LogP contribution is 2.37. The molecule has 0 spiro atoms. The average Bonchev–Trinajstić information content (AvgIpc) is 2.58. The van der Waals surface area contributed by atoms with E-state index in [1.807, 2.05) is 0 Å². The van der Waals surface area contributed by atoms with Crippen LogP contribution in [0.2, 0.25) is 5.02 Å². The number of anilines is 1. The Hall–Kier alpha value is -2.34. The van der Waals surface area contributed by atoms with E-state index >= 15 is 0 Å². The lowest BCUT2D eigenvalue weighted by Crippen LogP contribution is -2.14. The Morgan fingerprint density at radius 1 is 1.23 bits per heavy atom. The summed E-state index contributed by atoms with van der Waals surface area (Å²) in [6.45, 7) is 4.59. The van der Waals surface area contributed by atoms with Crippen molar-refractivity contribution in [1.82, 2.24) is 0 Å². The van der Waals surface area contributed by atoms with Gasteiger partial charge in [0.2, 0.25) is 0 Å². The second-order valence-electron chi connectivity index (χ2n) is 6.10. The summed E-state index contributed by atoms with van der Waals surface area (Å²) in [5, 5.41) is 2.51. The Morgan fingerprint density at radius 2 is 1.96 bits per heavy atom. The fourth-order valence-electron chi connectivity index (χ4n) is 2.18. The summed E-state index contributed by atoms with van der Waals surface area (Å²) in [6, 6.07) is 5.62. The molecule has 0 bridgehead atoms. The van der Waals surface area contributed by atoms with E-state index in [-0.39, 0.29) is 22.0 Å². The zero-order chi connectivity index (χ0) is 19.3. The van der Waals surface area contributed by atoms with Crippen molar-refractivity contribution in [1.29, 1.82) is 0 Å². The van der Waals surface area contributed by atoms with Gasteiger partial charge in [-0.25, -0.2) is 8.78 Å². The lowest BCUT2D eigenvalue weighted by Gasteiger charge is -2.15. The van der Waals surface area contributed by atoms with Crippen molar-refractivity contribution in [3.63, 3.8) is 0 Å². The normalized spacial score (nSPS) is 10.7. The van der Waals surface area contributed by atoms with Crippen LogP contribution < -0.4 is 14.8 Å². The van der Waals surface area contributed by atoms with Gasteiger partial charge in [-0.3, -0.25) is 4.79 Å². The number of rotatable bonds is 7. The van der Waals surface area contributed by atoms with Crippen LogP contribution in [0.25, 0.3) is 0 Å². The number of carbonyl (C=O) groups is 1. The molecular formula is C19H20ClF2NO3. The molecule has 7 heteroatoms. The van der Waals surface area contributed by atoms with E-state index in [0.29, 0.717) is 18.3 Å². The highest BCUT2D eigenvalue weighted by atomic mass is 35.5. The van der Waals surface area contributed by atoms with Crippen LogP contribution in [0.5, 0.6) is 11.5 Å². The van der Waals surface area contributed by atoms with Gasteiger partial charge in [-0.2, -0.15) is 0 Å². The number of halogens is 3. The summed E-state index contributed by atoms with van der Waals surface area (Å²) in [5.74, 6) is -0.971. The number of nitrogens with one attached hydrogen (secondary N) is 1. The lowest BCUT2D eigenvalue weighted by atomic mass is 10.1. The summed E-state index contributed by atoms with van der Waals surface area (Å²) in [6.07, 6.45) is 0.834. The minimum absolute atomic E-state index is 0.131. The zero-order valence-corrected chi connectivity index (χ0v) is 15.5. The number of benzene rings is 2. The van der Waals surface area contributed by atoms with E-state index in [4.69, 9.17) is 21.1 Å². The highest BCUT2D eigenvalue weighted by molar-refractivity contribution is 6.32. The van der Waals surface area contributed by atoms with Crippen molar-refractivity contribution in [2.45, 2.75) is 20.3 Å². The van der Waals surface area contributed by atoms with Crippen LogP contribution in [-0.4, -0.2) is 19.6 Å². The van der Waals surface area contributed by atoms with Gasteiger partial charge in [0.05, 0.1) is 24.4 Å². The van der Waals surface area contributed by atoms with Gasteiger partial charge < -0.3 is 14.8 Å². The molecule has 4 nitrogen and oxygen atoms in total.